The molecule has 2 aromatic rings. The molecule has 0 saturated carbocycles. The predicted octanol–water partition coefficient (Wildman–Crippen LogP) is 4.20. The predicted molar refractivity (Wildman–Crippen MR) is 82.6 cm³/mol. The first kappa shape index (κ1) is 14.4. The third-order valence-electron chi connectivity index (χ3n) is 2.37. The number of aryl methyl sites for hydroxylation is 1. The molecule has 4 nitrogen and oxygen atoms in total. The van der Waals surface area contributed by atoms with Gasteiger partial charge in [0.05, 0.1) is 21.6 Å². The van der Waals surface area contributed by atoms with E-state index in [1.807, 2.05) is 20.0 Å². The molecule has 0 amide bonds. The molecule has 0 aliphatic rings. The number of nitrogens with one attached hydrogen (secondary N) is 2. The van der Waals surface area contributed by atoms with E-state index in [0.29, 0.717) is 28.2 Å². The van der Waals surface area contributed by atoms with Crippen LogP contribution in [0, 0.1) is 6.92 Å². The van der Waals surface area contributed by atoms with Gasteiger partial charge in [-0.05, 0) is 19.9 Å². The number of hydrogen-bond donors (Lipinski definition) is 2. The van der Waals surface area contributed by atoms with Crippen LogP contribution in [0.1, 0.15) is 16.8 Å². The lowest BCUT2D eigenvalue weighted by Crippen LogP contribution is -2.05. The zero-order valence-electron chi connectivity index (χ0n) is 10.6. The number of rotatable bonds is 5. The first-order valence-electron chi connectivity index (χ1n) is 5.85. The summed E-state index contributed by atoms with van der Waals surface area (Å²) in [4.78, 5) is 9.72. The Hall–Kier alpha value is -1.04. The highest BCUT2D eigenvalue weighted by Gasteiger charge is 2.09. The molecule has 0 fully saturated rings. The van der Waals surface area contributed by atoms with E-state index in [4.69, 9.17) is 23.2 Å². The maximum atomic E-state index is 6.12. The molecule has 0 aliphatic heterocycles. The van der Waals surface area contributed by atoms with E-state index in [1.165, 1.54) is 0 Å². The third kappa shape index (κ3) is 3.72. The monoisotopic (exact) mass is 316 g/mol. The summed E-state index contributed by atoms with van der Waals surface area (Å²) in [5.41, 5.74) is 0. The van der Waals surface area contributed by atoms with E-state index >= 15 is 0 Å². The molecule has 0 spiro atoms. The second kappa shape index (κ2) is 6.41. The number of nitrogens with zero attached hydrogens (tertiary/aromatic N) is 2. The van der Waals surface area contributed by atoms with Crippen molar-refractivity contribution in [2.24, 2.45) is 0 Å². The molecule has 0 radical (unpaired) electrons. The molecule has 7 heteroatoms. The minimum Gasteiger partial charge on any atom is -0.369 e. The van der Waals surface area contributed by atoms with Crippen LogP contribution in [-0.2, 0) is 6.54 Å². The van der Waals surface area contributed by atoms with Crippen LogP contribution < -0.4 is 10.6 Å². The first-order chi connectivity index (χ1) is 9.10. The zero-order chi connectivity index (χ0) is 13.8. The van der Waals surface area contributed by atoms with Crippen LogP contribution in [0.15, 0.2) is 12.3 Å². The second-order valence-electron chi connectivity index (χ2n) is 3.88. The van der Waals surface area contributed by atoms with Gasteiger partial charge in [0.2, 0.25) is 0 Å². The lowest BCUT2D eigenvalue weighted by atomic mass is 10.4. The summed E-state index contributed by atoms with van der Waals surface area (Å²) in [6.07, 6.45) is 1.85. The summed E-state index contributed by atoms with van der Waals surface area (Å²) in [6, 6.07) is 1.69. The molecule has 0 aliphatic carbocycles. The maximum Gasteiger partial charge on any atom is 0.147 e. The molecule has 19 heavy (non-hydrogen) atoms. The largest absolute Gasteiger partial charge is 0.369 e. The van der Waals surface area contributed by atoms with E-state index in [0.717, 1.165) is 16.4 Å². The van der Waals surface area contributed by atoms with Crippen LogP contribution in [0.4, 0.5) is 11.6 Å². The average molecular weight is 317 g/mol. The summed E-state index contributed by atoms with van der Waals surface area (Å²) >= 11 is 13.8. The Morgan fingerprint density at radius 1 is 1.21 bits per heavy atom. The van der Waals surface area contributed by atoms with Gasteiger partial charge in [-0.2, -0.15) is 0 Å². The minimum absolute atomic E-state index is 0.507. The van der Waals surface area contributed by atoms with E-state index < -0.39 is 0 Å². The van der Waals surface area contributed by atoms with Crippen LogP contribution in [0.3, 0.4) is 0 Å². The number of pyridine rings is 1. The van der Waals surface area contributed by atoms with Gasteiger partial charge in [0.1, 0.15) is 11.6 Å². The third-order valence-corrected chi connectivity index (χ3v) is 3.86. The van der Waals surface area contributed by atoms with Crippen molar-refractivity contribution < 1.29 is 0 Å². The minimum atomic E-state index is 0.507. The smallest absolute Gasteiger partial charge is 0.147 e. The lowest BCUT2D eigenvalue weighted by molar-refractivity contribution is 1.11. The van der Waals surface area contributed by atoms with E-state index in [-0.39, 0.29) is 0 Å². The second-order valence-corrected chi connectivity index (χ2v) is 6.01. The highest BCUT2D eigenvalue weighted by atomic mass is 35.5. The summed E-state index contributed by atoms with van der Waals surface area (Å²) in [5.74, 6) is 1.25. The fourth-order valence-corrected chi connectivity index (χ4v) is 2.77. The van der Waals surface area contributed by atoms with Crippen molar-refractivity contribution >= 4 is 46.2 Å². The van der Waals surface area contributed by atoms with Crippen molar-refractivity contribution in [2.45, 2.75) is 20.4 Å². The molecule has 0 saturated heterocycles. The molecular weight excluding hydrogens is 303 g/mol. The standard InChI is InChI=1S/C12H14Cl2N4S/c1-3-15-11-9(13)4-10(14)12(18-11)17-6-8-5-16-7(2)19-8/h4-5H,3,6H2,1-2H3,(H2,15,17,18). The number of hydrogen-bond acceptors (Lipinski definition) is 5. The lowest BCUT2D eigenvalue weighted by Gasteiger charge is -2.11. The molecule has 2 N–H and O–H groups in total. The van der Waals surface area contributed by atoms with Crippen molar-refractivity contribution in [2.75, 3.05) is 17.2 Å². The molecule has 0 bridgehead atoms. The normalized spacial score (nSPS) is 10.5. The van der Waals surface area contributed by atoms with Crippen molar-refractivity contribution in [3.8, 4) is 0 Å². The van der Waals surface area contributed by atoms with E-state index in [1.54, 1.807) is 17.4 Å². The van der Waals surface area contributed by atoms with Crippen LogP contribution in [-0.4, -0.2) is 16.5 Å². The van der Waals surface area contributed by atoms with E-state index in [2.05, 4.69) is 20.6 Å². The Morgan fingerprint density at radius 2 is 1.89 bits per heavy atom. The molecule has 2 heterocycles. The van der Waals surface area contributed by atoms with Crippen LogP contribution in [0.2, 0.25) is 10.0 Å². The molecule has 0 aromatic carbocycles. The van der Waals surface area contributed by atoms with Gasteiger partial charge in [0.25, 0.3) is 0 Å². The van der Waals surface area contributed by atoms with Crippen LogP contribution in [0.25, 0.3) is 0 Å². The fraction of sp³-hybridized carbons (Fsp3) is 0.333. The highest BCUT2D eigenvalue weighted by Crippen LogP contribution is 2.29. The quantitative estimate of drug-likeness (QED) is 0.868. The highest BCUT2D eigenvalue weighted by molar-refractivity contribution is 7.11. The first-order valence-corrected chi connectivity index (χ1v) is 7.42. The Balaban J connectivity index is 2.13. The van der Waals surface area contributed by atoms with Crippen molar-refractivity contribution in [3.05, 3.63) is 32.2 Å². The topological polar surface area (TPSA) is 49.8 Å². The summed E-state index contributed by atoms with van der Waals surface area (Å²) in [7, 11) is 0. The van der Waals surface area contributed by atoms with Gasteiger partial charge in [-0.1, -0.05) is 23.2 Å². The van der Waals surface area contributed by atoms with Gasteiger partial charge >= 0.3 is 0 Å². The van der Waals surface area contributed by atoms with Crippen molar-refractivity contribution in [3.63, 3.8) is 0 Å². The Labute approximate surface area is 126 Å². The Bertz CT molecular complexity index is 571. The number of anilines is 2. The molecular formula is C12H14Cl2N4S. The van der Waals surface area contributed by atoms with Crippen molar-refractivity contribution in [1.29, 1.82) is 0 Å². The van der Waals surface area contributed by atoms with Gasteiger partial charge in [-0.3, -0.25) is 0 Å². The van der Waals surface area contributed by atoms with Crippen LogP contribution >= 0.6 is 34.5 Å². The van der Waals surface area contributed by atoms with Gasteiger partial charge < -0.3 is 10.6 Å². The maximum absolute atomic E-state index is 6.12. The van der Waals surface area contributed by atoms with Gasteiger partial charge in [0, 0.05) is 17.6 Å². The molecule has 0 atom stereocenters. The fourth-order valence-electron chi connectivity index (χ4n) is 1.54. The molecule has 102 valence electrons. The average Bonchev–Trinajstić information content (AvgIpc) is 2.77. The van der Waals surface area contributed by atoms with E-state index in [9.17, 15) is 0 Å². The number of aromatic nitrogens is 2. The SMILES string of the molecule is CCNc1nc(NCc2cnc(C)s2)c(Cl)cc1Cl. The van der Waals surface area contributed by atoms with Gasteiger partial charge in [-0.25, -0.2) is 9.97 Å². The molecule has 2 rings (SSSR count). The summed E-state index contributed by atoms with van der Waals surface area (Å²) in [5, 5.41) is 8.36. The summed E-state index contributed by atoms with van der Waals surface area (Å²) < 4.78 is 0. The summed E-state index contributed by atoms with van der Waals surface area (Å²) in [6.45, 7) is 5.36. The molecule has 2 aromatic heterocycles. The number of thiazole rings is 1. The van der Waals surface area contributed by atoms with Crippen LogP contribution in [0.5, 0.6) is 0 Å². The Kier molecular flexibility index (Phi) is 4.85. The molecule has 0 unspecified atom stereocenters. The van der Waals surface area contributed by atoms with Gasteiger partial charge in [0.15, 0.2) is 0 Å². The van der Waals surface area contributed by atoms with Gasteiger partial charge in [-0.15, -0.1) is 11.3 Å². The Morgan fingerprint density at radius 3 is 2.47 bits per heavy atom. The zero-order valence-corrected chi connectivity index (χ0v) is 13.0. The van der Waals surface area contributed by atoms with Crippen molar-refractivity contribution in [1.82, 2.24) is 9.97 Å². The number of halogens is 2.